The molecule has 0 saturated heterocycles. The Hall–Kier alpha value is -1.50. The number of alkyl halides is 3. The molecule has 0 spiro atoms. The van der Waals surface area contributed by atoms with Crippen molar-refractivity contribution in [2.75, 3.05) is 37.3 Å². The van der Waals surface area contributed by atoms with Gasteiger partial charge in [-0.3, -0.25) is 0 Å². The first-order chi connectivity index (χ1) is 9.79. The van der Waals surface area contributed by atoms with Crippen LogP contribution in [0.4, 0.5) is 24.8 Å². The molecule has 0 aliphatic heterocycles. The van der Waals surface area contributed by atoms with Crippen LogP contribution in [0.2, 0.25) is 0 Å². The number of likely N-dealkylation sites (N-methyl/N-ethyl adjacent to an activating group) is 1. The quantitative estimate of drug-likeness (QED) is 0.811. The number of hydrogen-bond acceptors (Lipinski definition) is 4. The van der Waals surface area contributed by atoms with Crippen molar-refractivity contribution in [2.24, 2.45) is 0 Å². The Morgan fingerprint density at radius 1 is 1.19 bits per heavy atom. The SMILES string of the molecule is CCN(CC)CC(C)Nc1cc(C(F)(F)F)cc(NC)n1. The Morgan fingerprint density at radius 2 is 1.76 bits per heavy atom. The van der Waals surface area contributed by atoms with E-state index in [0.717, 1.165) is 31.8 Å². The number of anilines is 2. The number of hydrogen-bond donors (Lipinski definition) is 2. The predicted octanol–water partition coefficient (Wildman–Crippen LogP) is 3.28. The lowest BCUT2D eigenvalue weighted by molar-refractivity contribution is -0.137. The average molecular weight is 304 g/mol. The van der Waals surface area contributed by atoms with Gasteiger partial charge in [-0.05, 0) is 32.1 Å². The van der Waals surface area contributed by atoms with Crippen LogP contribution in [-0.2, 0) is 6.18 Å². The van der Waals surface area contributed by atoms with Crippen LogP contribution in [0.1, 0.15) is 26.3 Å². The minimum atomic E-state index is -4.38. The zero-order chi connectivity index (χ0) is 16.0. The molecule has 0 radical (unpaired) electrons. The Bertz CT molecular complexity index is 444. The summed E-state index contributed by atoms with van der Waals surface area (Å²) in [6.45, 7) is 8.59. The number of nitrogens with zero attached hydrogens (tertiary/aromatic N) is 2. The van der Waals surface area contributed by atoms with Crippen molar-refractivity contribution < 1.29 is 13.2 Å². The van der Waals surface area contributed by atoms with E-state index in [-0.39, 0.29) is 17.7 Å². The molecule has 7 heteroatoms. The molecule has 0 aliphatic rings. The van der Waals surface area contributed by atoms with E-state index in [9.17, 15) is 13.2 Å². The molecule has 2 N–H and O–H groups in total. The monoisotopic (exact) mass is 304 g/mol. The molecule has 120 valence electrons. The molecule has 1 rings (SSSR count). The Labute approximate surface area is 123 Å². The van der Waals surface area contributed by atoms with Crippen molar-refractivity contribution in [3.63, 3.8) is 0 Å². The van der Waals surface area contributed by atoms with Crippen LogP contribution in [0.5, 0.6) is 0 Å². The smallest absolute Gasteiger partial charge is 0.373 e. The maximum absolute atomic E-state index is 12.8. The fraction of sp³-hybridized carbons (Fsp3) is 0.643. The number of nitrogens with one attached hydrogen (secondary N) is 2. The normalized spacial score (nSPS) is 13.3. The molecule has 0 saturated carbocycles. The zero-order valence-corrected chi connectivity index (χ0v) is 12.9. The third-order valence-corrected chi connectivity index (χ3v) is 3.23. The van der Waals surface area contributed by atoms with Gasteiger partial charge in [0.05, 0.1) is 5.56 Å². The van der Waals surface area contributed by atoms with Crippen molar-refractivity contribution in [3.05, 3.63) is 17.7 Å². The van der Waals surface area contributed by atoms with Crippen LogP contribution >= 0.6 is 0 Å². The second-order valence-electron chi connectivity index (χ2n) is 4.91. The van der Waals surface area contributed by atoms with Crippen molar-refractivity contribution >= 4 is 11.6 Å². The Balaban J connectivity index is 2.87. The van der Waals surface area contributed by atoms with Crippen LogP contribution in [0.3, 0.4) is 0 Å². The second kappa shape index (κ2) is 7.49. The van der Waals surface area contributed by atoms with Crippen LogP contribution in [-0.4, -0.2) is 42.6 Å². The van der Waals surface area contributed by atoms with E-state index >= 15 is 0 Å². The highest BCUT2D eigenvalue weighted by molar-refractivity contribution is 5.49. The van der Waals surface area contributed by atoms with Crippen LogP contribution < -0.4 is 10.6 Å². The maximum Gasteiger partial charge on any atom is 0.416 e. The second-order valence-corrected chi connectivity index (χ2v) is 4.91. The number of halogens is 3. The van der Waals surface area contributed by atoms with Gasteiger partial charge in [-0.1, -0.05) is 13.8 Å². The lowest BCUT2D eigenvalue weighted by atomic mass is 10.2. The highest BCUT2D eigenvalue weighted by atomic mass is 19.4. The molecule has 0 aromatic carbocycles. The highest BCUT2D eigenvalue weighted by Crippen LogP contribution is 2.32. The van der Waals surface area contributed by atoms with Gasteiger partial charge in [0.25, 0.3) is 0 Å². The summed E-state index contributed by atoms with van der Waals surface area (Å²) in [5, 5.41) is 5.69. The van der Waals surface area contributed by atoms with Gasteiger partial charge in [0.2, 0.25) is 0 Å². The number of aromatic nitrogens is 1. The summed E-state index contributed by atoms with van der Waals surface area (Å²) in [7, 11) is 1.55. The topological polar surface area (TPSA) is 40.2 Å². The van der Waals surface area contributed by atoms with Gasteiger partial charge in [-0.2, -0.15) is 13.2 Å². The molecule has 0 amide bonds. The minimum Gasteiger partial charge on any atom is -0.373 e. The summed E-state index contributed by atoms with van der Waals surface area (Å²) < 4.78 is 38.5. The molecule has 0 aliphatic carbocycles. The van der Waals surface area contributed by atoms with Gasteiger partial charge in [0.15, 0.2) is 0 Å². The predicted molar refractivity (Wildman–Crippen MR) is 79.7 cm³/mol. The summed E-state index contributed by atoms with van der Waals surface area (Å²) in [4.78, 5) is 6.32. The van der Waals surface area contributed by atoms with E-state index in [1.807, 2.05) is 6.92 Å². The van der Waals surface area contributed by atoms with Gasteiger partial charge in [0.1, 0.15) is 11.6 Å². The van der Waals surface area contributed by atoms with Gasteiger partial charge in [0, 0.05) is 19.6 Å². The maximum atomic E-state index is 12.8. The van der Waals surface area contributed by atoms with E-state index in [1.54, 1.807) is 7.05 Å². The minimum absolute atomic E-state index is 0.00518. The fourth-order valence-electron chi connectivity index (χ4n) is 2.06. The van der Waals surface area contributed by atoms with E-state index in [0.29, 0.717) is 0 Å². The van der Waals surface area contributed by atoms with Gasteiger partial charge >= 0.3 is 6.18 Å². The molecule has 1 heterocycles. The summed E-state index contributed by atoms with van der Waals surface area (Å²) in [5.41, 5.74) is -0.709. The summed E-state index contributed by atoms with van der Waals surface area (Å²) in [6.07, 6.45) is -4.38. The highest BCUT2D eigenvalue weighted by Gasteiger charge is 2.31. The van der Waals surface area contributed by atoms with Gasteiger partial charge in [-0.15, -0.1) is 0 Å². The first-order valence-corrected chi connectivity index (χ1v) is 7.06. The molecule has 1 aromatic heterocycles. The molecule has 1 unspecified atom stereocenters. The van der Waals surface area contributed by atoms with Crippen molar-refractivity contribution in [2.45, 2.75) is 33.0 Å². The van der Waals surface area contributed by atoms with Crippen LogP contribution in [0.25, 0.3) is 0 Å². The van der Waals surface area contributed by atoms with Crippen LogP contribution in [0, 0.1) is 0 Å². The molecule has 0 bridgehead atoms. The lowest BCUT2D eigenvalue weighted by Gasteiger charge is -2.24. The van der Waals surface area contributed by atoms with Crippen molar-refractivity contribution in [3.8, 4) is 0 Å². The standard InChI is InChI=1S/C14H23F3N4/c1-5-21(6-2)9-10(3)19-13-8-11(14(15,16)17)7-12(18-4)20-13/h7-8,10H,5-6,9H2,1-4H3,(H2,18,19,20). The van der Waals surface area contributed by atoms with Gasteiger partial charge in [-0.25, -0.2) is 4.98 Å². The van der Waals surface area contributed by atoms with Crippen molar-refractivity contribution in [1.82, 2.24) is 9.88 Å². The average Bonchev–Trinajstić information content (AvgIpc) is 2.43. The number of rotatable bonds is 7. The van der Waals surface area contributed by atoms with E-state index < -0.39 is 11.7 Å². The first-order valence-electron chi connectivity index (χ1n) is 7.06. The largest absolute Gasteiger partial charge is 0.416 e. The van der Waals surface area contributed by atoms with E-state index in [4.69, 9.17) is 0 Å². The lowest BCUT2D eigenvalue weighted by Crippen LogP contribution is -2.35. The zero-order valence-electron chi connectivity index (χ0n) is 12.9. The number of pyridine rings is 1. The first kappa shape index (κ1) is 17.6. The molecular formula is C14H23F3N4. The molecule has 0 fully saturated rings. The molecule has 21 heavy (non-hydrogen) atoms. The van der Waals surface area contributed by atoms with Crippen molar-refractivity contribution in [1.29, 1.82) is 0 Å². The molecule has 1 atom stereocenters. The fourth-order valence-corrected chi connectivity index (χ4v) is 2.06. The van der Waals surface area contributed by atoms with E-state index in [2.05, 4.69) is 34.4 Å². The summed E-state index contributed by atoms with van der Waals surface area (Å²) in [6, 6.07) is 2.05. The summed E-state index contributed by atoms with van der Waals surface area (Å²) in [5.74, 6) is 0.427. The van der Waals surface area contributed by atoms with Crippen LogP contribution in [0.15, 0.2) is 12.1 Å². The Morgan fingerprint density at radius 3 is 2.24 bits per heavy atom. The Kier molecular flexibility index (Phi) is 6.26. The molecule has 4 nitrogen and oxygen atoms in total. The third-order valence-electron chi connectivity index (χ3n) is 3.23. The summed E-state index contributed by atoms with van der Waals surface area (Å²) >= 11 is 0. The molecular weight excluding hydrogens is 281 g/mol. The van der Waals surface area contributed by atoms with Gasteiger partial charge < -0.3 is 15.5 Å². The third kappa shape index (κ3) is 5.41. The van der Waals surface area contributed by atoms with E-state index in [1.165, 1.54) is 0 Å². The molecule has 1 aromatic rings.